The van der Waals surface area contributed by atoms with Crippen LogP contribution < -0.4 is 4.74 Å². The van der Waals surface area contributed by atoms with Crippen LogP contribution in [0, 0.1) is 5.92 Å². The molecule has 0 radical (unpaired) electrons. The van der Waals surface area contributed by atoms with Crippen molar-refractivity contribution in [2.75, 3.05) is 20.2 Å². The summed E-state index contributed by atoms with van der Waals surface area (Å²) in [5.41, 5.74) is 0.211. The highest BCUT2D eigenvalue weighted by Gasteiger charge is 2.48. The molecular formula is C18H19NO4. The summed E-state index contributed by atoms with van der Waals surface area (Å²) in [5.74, 6) is 0.458. The van der Waals surface area contributed by atoms with E-state index in [1.165, 1.54) is 4.90 Å². The number of carbonyl (C=O) groups is 1. The minimum Gasteiger partial charge on any atom is -0.497 e. The van der Waals surface area contributed by atoms with Crippen molar-refractivity contribution < 1.29 is 19.7 Å². The Bertz CT molecular complexity index is 697. The molecule has 1 aliphatic rings. The van der Waals surface area contributed by atoms with Crippen LogP contribution in [0.15, 0.2) is 54.6 Å². The average molecular weight is 313 g/mol. The molecule has 5 nitrogen and oxygen atoms in total. The second-order valence-electron chi connectivity index (χ2n) is 5.75. The molecule has 2 N–H and O–H groups in total. The van der Waals surface area contributed by atoms with E-state index in [9.17, 15) is 9.90 Å². The van der Waals surface area contributed by atoms with Crippen LogP contribution in [0.5, 0.6) is 5.75 Å². The second kappa shape index (κ2) is 5.93. The summed E-state index contributed by atoms with van der Waals surface area (Å²) < 4.78 is 5.26. The molecule has 1 heterocycles. The Morgan fingerprint density at radius 2 is 1.78 bits per heavy atom. The standard InChI is InChI=1S/C18H19NO4/c1-23-16-9-5-8-14(10-16)18(22,13-6-3-2-4-7-13)15-11-19(12-15)17(20)21/h2-10,15,22H,11-12H2,1H3,(H,20,21)/t18-/m0/s1. The fourth-order valence-electron chi connectivity index (χ4n) is 3.09. The Balaban J connectivity index is 2.02. The smallest absolute Gasteiger partial charge is 0.407 e. The van der Waals surface area contributed by atoms with Crippen molar-refractivity contribution in [3.8, 4) is 5.75 Å². The Morgan fingerprint density at radius 3 is 2.39 bits per heavy atom. The lowest BCUT2D eigenvalue weighted by Crippen LogP contribution is -2.58. The summed E-state index contributed by atoms with van der Waals surface area (Å²) in [7, 11) is 1.58. The lowest BCUT2D eigenvalue weighted by Gasteiger charge is -2.47. The first-order valence-electron chi connectivity index (χ1n) is 7.46. The van der Waals surface area contributed by atoms with Crippen LogP contribution in [-0.2, 0) is 5.60 Å². The van der Waals surface area contributed by atoms with Gasteiger partial charge in [-0.05, 0) is 23.3 Å². The van der Waals surface area contributed by atoms with E-state index in [4.69, 9.17) is 9.84 Å². The van der Waals surface area contributed by atoms with E-state index >= 15 is 0 Å². The van der Waals surface area contributed by atoms with Gasteiger partial charge in [-0.25, -0.2) is 4.79 Å². The monoisotopic (exact) mass is 313 g/mol. The van der Waals surface area contributed by atoms with Crippen LogP contribution >= 0.6 is 0 Å². The first-order valence-corrected chi connectivity index (χ1v) is 7.46. The molecule has 0 aromatic heterocycles. The first kappa shape index (κ1) is 15.4. The van der Waals surface area contributed by atoms with Crippen molar-refractivity contribution in [3.05, 3.63) is 65.7 Å². The van der Waals surface area contributed by atoms with E-state index in [-0.39, 0.29) is 5.92 Å². The molecule has 0 aliphatic carbocycles. The van der Waals surface area contributed by atoms with Crippen LogP contribution in [0.2, 0.25) is 0 Å². The van der Waals surface area contributed by atoms with E-state index < -0.39 is 11.7 Å². The third kappa shape index (κ3) is 2.64. The lowest BCUT2D eigenvalue weighted by molar-refractivity contribution is -0.0546. The maximum atomic E-state index is 11.5. The van der Waals surface area contributed by atoms with E-state index in [1.807, 2.05) is 48.5 Å². The second-order valence-corrected chi connectivity index (χ2v) is 5.75. The Morgan fingerprint density at radius 1 is 1.13 bits per heavy atom. The van der Waals surface area contributed by atoms with E-state index in [0.717, 1.165) is 5.56 Å². The number of hydrogen-bond donors (Lipinski definition) is 2. The number of benzene rings is 2. The molecule has 0 bridgehead atoms. The number of likely N-dealkylation sites (tertiary alicyclic amines) is 1. The molecule has 120 valence electrons. The molecule has 1 aliphatic heterocycles. The molecule has 1 saturated heterocycles. The molecule has 2 aromatic rings. The quantitative estimate of drug-likeness (QED) is 0.910. The molecule has 5 heteroatoms. The SMILES string of the molecule is COc1cccc([C@@](O)(c2ccccc2)C2CN(C(=O)O)C2)c1. The molecule has 0 saturated carbocycles. The molecule has 23 heavy (non-hydrogen) atoms. The summed E-state index contributed by atoms with van der Waals surface area (Å²) in [4.78, 5) is 12.4. The molecule has 0 spiro atoms. The van der Waals surface area contributed by atoms with Gasteiger partial charge in [0.05, 0.1) is 7.11 Å². The topological polar surface area (TPSA) is 70.0 Å². The zero-order chi connectivity index (χ0) is 16.4. The Labute approximate surface area is 134 Å². The third-order valence-electron chi connectivity index (χ3n) is 4.47. The van der Waals surface area contributed by atoms with Gasteiger partial charge in [-0.1, -0.05) is 42.5 Å². The van der Waals surface area contributed by atoms with Crippen LogP contribution in [0.3, 0.4) is 0 Å². The highest BCUT2D eigenvalue weighted by molar-refractivity contribution is 5.66. The van der Waals surface area contributed by atoms with Crippen molar-refractivity contribution in [3.63, 3.8) is 0 Å². The van der Waals surface area contributed by atoms with E-state index in [2.05, 4.69) is 0 Å². The van der Waals surface area contributed by atoms with Gasteiger partial charge in [-0.2, -0.15) is 0 Å². The Kier molecular flexibility index (Phi) is 3.96. The zero-order valence-electron chi connectivity index (χ0n) is 12.8. The van der Waals surface area contributed by atoms with Gasteiger partial charge >= 0.3 is 6.09 Å². The Hall–Kier alpha value is -2.53. The molecule has 1 amide bonds. The maximum absolute atomic E-state index is 11.5. The highest BCUT2D eigenvalue weighted by atomic mass is 16.5. The fraction of sp³-hybridized carbons (Fsp3) is 0.278. The number of amides is 1. The number of methoxy groups -OCH3 is 1. The molecule has 0 unspecified atom stereocenters. The van der Waals surface area contributed by atoms with Crippen LogP contribution in [-0.4, -0.2) is 41.4 Å². The van der Waals surface area contributed by atoms with Gasteiger partial charge in [0, 0.05) is 19.0 Å². The van der Waals surface area contributed by atoms with Gasteiger partial charge in [-0.3, -0.25) is 0 Å². The van der Waals surface area contributed by atoms with Crippen LogP contribution in [0.1, 0.15) is 11.1 Å². The van der Waals surface area contributed by atoms with Crippen molar-refractivity contribution in [2.45, 2.75) is 5.60 Å². The number of hydrogen-bond acceptors (Lipinski definition) is 3. The number of carboxylic acid groups (broad SMARTS) is 1. The largest absolute Gasteiger partial charge is 0.497 e. The highest BCUT2D eigenvalue weighted by Crippen LogP contribution is 2.42. The molecule has 2 aromatic carbocycles. The number of nitrogens with zero attached hydrogens (tertiary/aromatic N) is 1. The number of aliphatic hydroxyl groups is 1. The number of ether oxygens (including phenoxy) is 1. The fourth-order valence-corrected chi connectivity index (χ4v) is 3.09. The number of rotatable bonds is 4. The minimum absolute atomic E-state index is 0.201. The summed E-state index contributed by atoms with van der Waals surface area (Å²) in [5, 5.41) is 20.6. The summed E-state index contributed by atoms with van der Waals surface area (Å²) in [6.45, 7) is 0.607. The predicted octanol–water partition coefficient (Wildman–Crippen LogP) is 2.54. The molecule has 1 atom stereocenters. The third-order valence-corrected chi connectivity index (χ3v) is 4.47. The molecular weight excluding hydrogens is 294 g/mol. The molecule has 1 fully saturated rings. The lowest BCUT2D eigenvalue weighted by atomic mass is 9.72. The summed E-state index contributed by atoms with van der Waals surface area (Å²) in [6, 6.07) is 16.7. The van der Waals surface area contributed by atoms with Crippen molar-refractivity contribution in [1.29, 1.82) is 0 Å². The van der Waals surface area contributed by atoms with Gasteiger partial charge in [0.1, 0.15) is 11.4 Å². The summed E-state index contributed by atoms with van der Waals surface area (Å²) >= 11 is 0. The minimum atomic E-state index is -1.25. The van der Waals surface area contributed by atoms with Gasteiger partial charge < -0.3 is 19.8 Å². The van der Waals surface area contributed by atoms with Crippen molar-refractivity contribution in [1.82, 2.24) is 4.90 Å². The maximum Gasteiger partial charge on any atom is 0.407 e. The zero-order valence-corrected chi connectivity index (χ0v) is 12.8. The van der Waals surface area contributed by atoms with Gasteiger partial charge in [0.2, 0.25) is 0 Å². The van der Waals surface area contributed by atoms with Gasteiger partial charge in [0.15, 0.2) is 0 Å². The van der Waals surface area contributed by atoms with Crippen molar-refractivity contribution in [2.24, 2.45) is 5.92 Å². The van der Waals surface area contributed by atoms with Crippen LogP contribution in [0.25, 0.3) is 0 Å². The van der Waals surface area contributed by atoms with Crippen LogP contribution in [0.4, 0.5) is 4.79 Å². The molecule has 3 rings (SSSR count). The van der Waals surface area contributed by atoms with Gasteiger partial charge in [0.25, 0.3) is 0 Å². The van der Waals surface area contributed by atoms with Gasteiger partial charge in [-0.15, -0.1) is 0 Å². The van der Waals surface area contributed by atoms with E-state index in [0.29, 0.717) is 24.4 Å². The normalized spacial score (nSPS) is 17.2. The average Bonchev–Trinajstić information content (AvgIpc) is 2.53. The van der Waals surface area contributed by atoms with E-state index in [1.54, 1.807) is 13.2 Å². The predicted molar refractivity (Wildman–Crippen MR) is 85.5 cm³/mol. The first-order chi connectivity index (χ1) is 11.1. The van der Waals surface area contributed by atoms with Crippen molar-refractivity contribution >= 4 is 6.09 Å². The summed E-state index contributed by atoms with van der Waals surface area (Å²) in [6.07, 6.45) is -0.956.